The molecule has 1 aliphatic carbocycles. The van der Waals surface area contributed by atoms with Crippen molar-refractivity contribution in [2.24, 2.45) is 5.92 Å². The van der Waals surface area contributed by atoms with Gasteiger partial charge in [-0.25, -0.2) is 0 Å². The normalized spacial score (nSPS) is 17.1. The molecule has 2 nitrogen and oxygen atoms in total. The number of halogens is 1. The molecule has 0 radical (unpaired) electrons. The summed E-state index contributed by atoms with van der Waals surface area (Å²) in [7, 11) is 0. The molecule has 3 heteroatoms. The maximum Gasteiger partial charge on any atom is 0.220 e. The Bertz CT molecular complexity index is 435. The lowest BCUT2D eigenvalue weighted by molar-refractivity contribution is -0.122. The second kappa shape index (κ2) is 5.96. The predicted molar refractivity (Wildman–Crippen MR) is 79.4 cm³/mol. The third-order valence-electron chi connectivity index (χ3n) is 3.98. The molecule has 1 saturated carbocycles. The van der Waals surface area contributed by atoms with Crippen LogP contribution in [-0.4, -0.2) is 12.5 Å². The standard InChI is InChI=1S/C16H22ClNO/c1-12(2)10-15(19)18-11-16(8-3-9-16)13-4-6-14(17)7-5-13/h4-7,12H,3,8-11H2,1-2H3,(H,18,19). The molecule has 1 fully saturated rings. The van der Waals surface area contributed by atoms with Crippen LogP contribution in [0.1, 0.15) is 45.1 Å². The van der Waals surface area contributed by atoms with Gasteiger partial charge in [0.15, 0.2) is 0 Å². The van der Waals surface area contributed by atoms with Crippen LogP contribution in [0.2, 0.25) is 5.02 Å². The van der Waals surface area contributed by atoms with Crippen LogP contribution < -0.4 is 5.32 Å². The summed E-state index contributed by atoms with van der Waals surface area (Å²) < 4.78 is 0. The average molecular weight is 280 g/mol. The van der Waals surface area contributed by atoms with Crippen LogP contribution in [0.4, 0.5) is 0 Å². The van der Waals surface area contributed by atoms with E-state index in [2.05, 4.69) is 31.3 Å². The van der Waals surface area contributed by atoms with Crippen molar-refractivity contribution in [3.8, 4) is 0 Å². The summed E-state index contributed by atoms with van der Waals surface area (Å²) in [4.78, 5) is 11.8. The molecule has 0 bridgehead atoms. The van der Waals surface area contributed by atoms with E-state index in [1.165, 1.54) is 12.0 Å². The summed E-state index contributed by atoms with van der Waals surface area (Å²) in [6.45, 7) is 4.88. The topological polar surface area (TPSA) is 29.1 Å². The minimum absolute atomic E-state index is 0.136. The van der Waals surface area contributed by atoms with Crippen molar-refractivity contribution in [1.82, 2.24) is 5.32 Å². The highest BCUT2D eigenvalue weighted by Gasteiger charge is 2.38. The first-order valence-electron chi connectivity index (χ1n) is 7.05. The third kappa shape index (κ3) is 3.50. The SMILES string of the molecule is CC(C)CC(=O)NCC1(c2ccc(Cl)cc2)CCC1. The van der Waals surface area contributed by atoms with E-state index >= 15 is 0 Å². The van der Waals surface area contributed by atoms with Gasteiger partial charge in [-0.3, -0.25) is 4.79 Å². The molecule has 104 valence electrons. The molecule has 0 heterocycles. The van der Waals surface area contributed by atoms with Crippen molar-refractivity contribution in [3.63, 3.8) is 0 Å². The fourth-order valence-electron chi connectivity index (χ4n) is 2.69. The van der Waals surface area contributed by atoms with Gasteiger partial charge in [-0.05, 0) is 36.5 Å². The monoisotopic (exact) mass is 279 g/mol. The summed E-state index contributed by atoms with van der Waals surface area (Å²) in [5.74, 6) is 0.572. The summed E-state index contributed by atoms with van der Waals surface area (Å²) in [6, 6.07) is 8.06. The lowest BCUT2D eigenvalue weighted by Gasteiger charge is -2.42. The van der Waals surface area contributed by atoms with Crippen molar-refractivity contribution in [2.75, 3.05) is 6.54 Å². The quantitative estimate of drug-likeness (QED) is 0.869. The van der Waals surface area contributed by atoms with E-state index in [9.17, 15) is 4.79 Å². The number of carbonyl (C=O) groups excluding carboxylic acids is 1. The molecule has 0 aromatic heterocycles. The highest BCUT2D eigenvalue weighted by atomic mass is 35.5. The van der Waals surface area contributed by atoms with Gasteiger partial charge in [0.05, 0.1) is 0 Å². The summed E-state index contributed by atoms with van der Waals surface area (Å²) in [5, 5.41) is 3.86. The van der Waals surface area contributed by atoms with Gasteiger partial charge >= 0.3 is 0 Å². The zero-order valence-corrected chi connectivity index (χ0v) is 12.5. The molecule has 0 saturated heterocycles. The minimum Gasteiger partial charge on any atom is -0.355 e. The first-order chi connectivity index (χ1) is 9.02. The van der Waals surface area contributed by atoms with Crippen LogP contribution in [0.25, 0.3) is 0 Å². The number of benzene rings is 1. The van der Waals surface area contributed by atoms with E-state index < -0.39 is 0 Å². The van der Waals surface area contributed by atoms with Crippen LogP contribution in [0.5, 0.6) is 0 Å². The van der Waals surface area contributed by atoms with Crippen LogP contribution in [0.15, 0.2) is 24.3 Å². The number of nitrogens with one attached hydrogen (secondary N) is 1. The van der Waals surface area contributed by atoms with Gasteiger partial charge in [0.1, 0.15) is 0 Å². The van der Waals surface area contributed by atoms with E-state index in [0.717, 1.165) is 24.4 Å². The Kier molecular flexibility index (Phi) is 4.51. The summed E-state index contributed by atoms with van der Waals surface area (Å²) in [5.41, 5.74) is 1.44. The van der Waals surface area contributed by atoms with Crippen molar-refractivity contribution in [1.29, 1.82) is 0 Å². The molecule has 1 aromatic carbocycles. The Morgan fingerprint density at radius 3 is 2.42 bits per heavy atom. The zero-order valence-electron chi connectivity index (χ0n) is 11.7. The Hall–Kier alpha value is -1.02. The first kappa shape index (κ1) is 14.4. The predicted octanol–water partition coefficient (Wildman–Crippen LogP) is 3.92. The first-order valence-corrected chi connectivity index (χ1v) is 7.42. The number of carbonyl (C=O) groups is 1. The van der Waals surface area contributed by atoms with Crippen molar-refractivity contribution >= 4 is 17.5 Å². The molecule has 1 aliphatic rings. The highest BCUT2D eigenvalue weighted by Crippen LogP contribution is 2.43. The molecule has 1 aromatic rings. The van der Waals surface area contributed by atoms with Gasteiger partial charge in [0, 0.05) is 23.4 Å². The van der Waals surface area contributed by atoms with Crippen LogP contribution in [-0.2, 0) is 10.2 Å². The molecular weight excluding hydrogens is 258 g/mol. The van der Waals surface area contributed by atoms with E-state index in [1.807, 2.05) is 12.1 Å². The maximum absolute atomic E-state index is 11.8. The Morgan fingerprint density at radius 1 is 1.32 bits per heavy atom. The van der Waals surface area contributed by atoms with Crippen molar-refractivity contribution in [3.05, 3.63) is 34.9 Å². The zero-order chi connectivity index (χ0) is 13.9. The van der Waals surface area contributed by atoms with Crippen molar-refractivity contribution < 1.29 is 4.79 Å². The number of hydrogen-bond donors (Lipinski definition) is 1. The van der Waals surface area contributed by atoms with Gasteiger partial charge < -0.3 is 5.32 Å². The molecule has 1 amide bonds. The lowest BCUT2D eigenvalue weighted by Crippen LogP contribution is -2.45. The summed E-state index contributed by atoms with van der Waals surface area (Å²) >= 11 is 5.94. The molecule has 1 N–H and O–H groups in total. The third-order valence-corrected chi connectivity index (χ3v) is 4.24. The number of hydrogen-bond acceptors (Lipinski definition) is 1. The Labute approximate surface area is 120 Å². The van der Waals surface area contributed by atoms with E-state index in [-0.39, 0.29) is 11.3 Å². The van der Waals surface area contributed by atoms with Crippen LogP contribution >= 0.6 is 11.6 Å². The van der Waals surface area contributed by atoms with Gasteiger partial charge in [-0.1, -0.05) is 44.0 Å². The second-order valence-corrected chi connectivity index (χ2v) is 6.45. The molecular formula is C16H22ClNO. The smallest absolute Gasteiger partial charge is 0.220 e. The summed E-state index contributed by atoms with van der Waals surface area (Å²) in [6.07, 6.45) is 4.15. The van der Waals surface area contributed by atoms with Gasteiger partial charge in [0.2, 0.25) is 5.91 Å². The van der Waals surface area contributed by atoms with Gasteiger partial charge in [-0.2, -0.15) is 0 Å². The van der Waals surface area contributed by atoms with E-state index in [1.54, 1.807) is 0 Å². The van der Waals surface area contributed by atoms with Gasteiger partial charge in [-0.15, -0.1) is 0 Å². The molecule has 0 spiro atoms. The molecule has 0 atom stereocenters. The molecule has 0 aliphatic heterocycles. The minimum atomic E-state index is 0.136. The van der Waals surface area contributed by atoms with E-state index in [0.29, 0.717) is 12.3 Å². The number of rotatable bonds is 5. The largest absolute Gasteiger partial charge is 0.355 e. The van der Waals surface area contributed by atoms with Gasteiger partial charge in [0.25, 0.3) is 0 Å². The Balaban J connectivity index is 1.99. The molecule has 0 unspecified atom stereocenters. The van der Waals surface area contributed by atoms with E-state index in [4.69, 9.17) is 11.6 Å². The molecule has 19 heavy (non-hydrogen) atoms. The highest BCUT2D eigenvalue weighted by molar-refractivity contribution is 6.30. The van der Waals surface area contributed by atoms with Crippen molar-refractivity contribution in [2.45, 2.75) is 44.9 Å². The lowest BCUT2D eigenvalue weighted by atomic mass is 9.64. The number of amides is 1. The average Bonchev–Trinajstić information content (AvgIpc) is 2.29. The maximum atomic E-state index is 11.8. The van der Waals surface area contributed by atoms with Crippen LogP contribution in [0, 0.1) is 5.92 Å². The Morgan fingerprint density at radius 2 is 1.95 bits per heavy atom. The second-order valence-electron chi connectivity index (χ2n) is 6.02. The molecule has 2 rings (SSSR count). The fraction of sp³-hybridized carbons (Fsp3) is 0.562. The van der Waals surface area contributed by atoms with Crippen LogP contribution in [0.3, 0.4) is 0 Å². The fourth-order valence-corrected chi connectivity index (χ4v) is 2.81.